The van der Waals surface area contributed by atoms with E-state index in [1.807, 2.05) is 0 Å². The summed E-state index contributed by atoms with van der Waals surface area (Å²) in [5.41, 5.74) is -0.00596. The standard InChI is InChI=1S/C10H8BrF3INO3/c1-2-18-9(17)7-5(4-11)3-6(15)16-8(7)19-10(12,13)14/h3H,2,4H2,1H3. The molecule has 0 unspecified atom stereocenters. The van der Waals surface area contributed by atoms with Crippen LogP contribution < -0.4 is 4.74 Å². The molecule has 0 radical (unpaired) electrons. The Kier molecular flexibility index (Phi) is 5.83. The molecule has 0 N–H and O–H groups in total. The van der Waals surface area contributed by atoms with Gasteiger partial charge in [-0.25, -0.2) is 9.78 Å². The third kappa shape index (κ3) is 4.79. The van der Waals surface area contributed by atoms with Gasteiger partial charge in [-0.2, -0.15) is 0 Å². The number of hydrogen-bond donors (Lipinski definition) is 0. The molecule has 0 spiro atoms. The second-order valence-electron chi connectivity index (χ2n) is 3.19. The molecule has 1 heterocycles. The molecule has 0 amide bonds. The van der Waals surface area contributed by atoms with E-state index in [-0.39, 0.29) is 21.2 Å². The van der Waals surface area contributed by atoms with E-state index in [2.05, 4.69) is 25.7 Å². The average Bonchev–Trinajstić information content (AvgIpc) is 2.25. The van der Waals surface area contributed by atoms with E-state index in [4.69, 9.17) is 4.74 Å². The minimum absolute atomic E-state index is 0.0397. The van der Waals surface area contributed by atoms with Crippen LogP contribution in [0.3, 0.4) is 0 Å². The Morgan fingerprint density at radius 1 is 1.53 bits per heavy atom. The third-order valence-electron chi connectivity index (χ3n) is 1.87. The van der Waals surface area contributed by atoms with Crippen LogP contribution in [0.5, 0.6) is 5.88 Å². The average molecular weight is 454 g/mol. The summed E-state index contributed by atoms with van der Waals surface area (Å²) < 4.78 is 45.7. The van der Waals surface area contributed by atoms with Crippen molar-refractivity contribution in [3.63, 3.8) is 0 Å². The molecular formula is C10H8BrF3INO3. The molecule has 1 rings (SSSR count). The number of carbonyl (C=O) groups excluding carboxylic acids is 1. The van der Waals surface area contributed by atoms with Gasteiger partial charge < -0.3 is 9.47 Å². The molecule has 0 fully saturated rings. The molecule has 19 heavy (non-hydrogen) atoms. The van der Waals surface area contributed by atoms with E-state index < -0.39 is 18.2 Å². The van der Waals surface area contributed by atoms with Crippen LogP contribution in [0.25, 0.3) is 0 Å². The zero-order chi connectivity index (χ0) is 14.6. The molecule has 0 aromatic carbocycles. The van der Waals surface area contributed by atoms with Gasteiger partial charge in [0.25, 0.3) is 0 Å². The smallest absolute Gasteiger partial charge is 0.462 e. The molecule has 0 aliphatic rings. The first kappa shape index (κ1) is 16.5. The highest BCUT2D eigenvalue weighted by molar-refractivity contribution is 14.1. The lowest BCUT2D eigenvalue weighted by atomic mass is 10.1. The summed E-state index contributed by atoms with van der Waals surface area (Å²) in [4.78, 5) is 15.3. The third-order valence-corrected chi connectivity index (χ3v) is 3.03. The molecule has 106 valence electrons. The number of rotatable bonds is 4. The number of halogens is 5. The lowest BCUT2D eigenvalue weighted by Gasteiger charge is -2.14. The summed E-state index contributed by atoms with van der Waals surface area (Å²) >= 11 is 4.84. The van der Waals surface area contributed by atoms with Gasteiger partial charge in [-0.05, 0) is 41.1 Å². The van der Waals surface area contributed by atoms with E-state index in [1.54, 1.807) is 29.5 Å². The fourth-order valence-electron chi connectivity index (χ4n) is 1.25. The second-order valence-corrected chi connectivity index (χ2v) is 4.85. The number of aromatic nitrogens is 1. The minimum Gasteiger partial charge on any atom is -0.462 e. The van der Waals surface area contributed by atoms with Gasteiger partial charge in [0.05, 0.1) is 6.61 Å². The Labute approximate surface area is 128 Å². The van der Waals surface area contributed by atoms with Crippen LogP contribution in [0.1, 0.15) is 22.8 Å². The zero-order valence-electron chi connectivity index (χ0n) is 9.55. The number of hydrogen-bond acceptors (Lipinski definition) is 4. The predicted octanol–water partition coefficient (Wildman–Crippen LogP) is 3.66. The van der Waals surface area contributed by atoms with Crippen LogP contribution >= 0.6 is 38.5 Å². The highest BCUT2D eigenvalue weighted by atomic mass is 127. The second kappa shape index (κ2) is 6.73. The summed E-state index contributed by atoms with van der Waals surface area (Å²) in [6.45, 7) is 1.59. The van der Waals surface area contributed by atoms with Crippen molar-refractivity contribution < 1.29 is 27.4 Å². The van der Waals surface area contributed by atoms with Gasteiger partial charge in [-0.1, -0.05) is 15.9 Å². The number of carbonyl (C=O) groups is 1. The van der Waals surface area contributed by atoms with Crippen LogP contribution in [-0.2, 0) is 10.1 Å². The summed E-state index contributed by atoms with van der Waals surface area (Å²) in [5, 5.41) is 0.174. The fraction of sp³-hybridized carbons (Fsp3) is 0.400. The Morgan fingerprint density at radius 3 is 2.63 bits per heavy atom. The molecule has 0 bridgehead atoms. The molecule has 0 atom stereocenters. The Hall–Kier alpha value is -0.580. The van der Waals surface area contributed by atoms with E-state index in [0.717, 1.165) is 0 Å². The Bertz CT molecular complexity index is 482. The maximum Gasteiger partial charge on any atom is 0.574 e. The van der Waals surface area contributed by atoms with E-state index in [9.17, 15) is 18.0 Å². The fourth-order valence-corrected chi connectivity index (χ4v) is 2.29. The topological polar surface area (TPSA) is 48.4 Å². The van der Waals surface area contributed by atoms with Gasteiger partial charge in [0.2, 0.25) is 5.88 Å². The van der Waals surface area contributed by atoms with Gasteiger partial charge in [0.1, 0.15) is 9.26 Å². The molecule has 9 heteroatoms. The van der Waals surface area contributed by atoms with Gasteiger partial charge in [0.15, 0.2) is 0 Å². The molecule has 0 aliphatic heterocycles. The Balaban J connectivity index is 3.33. The lowest BCUT2D eigenvalue weighted by molar-refractivity contribution is -0.276. The maximum absolute atomic E-state index is 12.3. The largest absolute Gasteiger partial charge is 0.574 e. The van der Waals surface area contributed by atoms with Crippen LogP contribution in [0, 0.1) is 3.70 Å². The maximum atomic E-state index is 12.3. The van der Waals surface area contributed by atoms with E-state index >= 15 is 0 Å². The van der Waals surface area contributed by atoms with Crippen molar-refractivity contribution in [2.45, 2.75) is 18.6 Å². The van der Waals surface area contributed by atoms with Crippen molar-refractivity contribution in [1.29, 1.82) is 0 Å². The van der Waals surface area contributed by atoms with Crippen LogP contribution in [0.4, 0.5) is 13.2 Å². The number of esters is 1. The molecule has 0 aliphatic carbocycles. The van der Waals surface area contributed by atoms with Crippen molar-refractivity contribution in [3.8, 4) is 5.88 Å². The van der Waals surface area contributed by atoms with Crippen LogP contribution in [0.15, 0.2) is 6.07 Å². The highest BCUT2D eigenvalue weighted by Crippen LogP contribution is 2.29. The van der Waals surface area contributed by atoms with Gasteiger partial charge in [-0.15, -0.1) is 13.2 Å². The van der Waals surface area contributed by atoms with Crippen molar-refractivity contribution in [2.75, 3.05) is 6.61 Å². The first-order valence-electron chi connectivity index (χ1n) is 4.96. The van der Waals surface area contributed by atoms with Gasteiger partial charge >= 0.3 is 12.3 Å². The summed E-state index contributed by atoms with van der Waals surface area (Å²) in [7, 11) is 0. The number of ether oxygens (including phenoxy) is 2. The summed E-state index contributed by atoms with van der Waals surface area (Å²) in [5.74, 6) is -1.70. The number of pyridine rings is 1. The molecule has 0 saturated heterocycles. The van der Waals surface area contributed by atoms with Crippen LogP contribution in [0.2, 0.25) is 0 Å². The number of alkyl halides is 4. The van der Waals surface area contributed by atoms with Crippen LogP contribution in [-0.4, -0.2) is 23.9 Å². The predicted molar refractivity (Wildman–Crippen MR) is 72.2 cm³/mol. The van der Waals surface area contributed by atoms with Crippen molar-refractivity contribution in [3.05, 3.63) is 20.9 Å². The molecule has 4 nitrogen and oxygen atoms in total. The summed E-state index contributed by atoms with van der Waals surface area (Å²) in [6.07, 6.45) is -4.93. The van der Waals surface area contributed by atoms with E-state index in [1.165, 1.54) is 6.07 Å². The lowest BCUT2D eigenvalue weighted by Crippen LogP contribution is -2.21. The van der Waals surface area contributed by atoms with Crippen molar-refractivity contribution >= 4 is 44.5 Å². The molecule has 1 aromatic heterocycles. The Morgan fingerprint density at radius 2 is 2.16 bits per heavy atom. The van der Waals surface area contributed by atoms with Crippen molar-refractivity contribution in [1.82, 2.24) is 4.98 Å². The van der Waals surface area contributed by atoms with Gasteiger partial charge in [0, 0.05) is 5.33 Å². The molecule has 0 saturated carbocycles. The molecule has 1 aromatic rings. The monoisotopic (exact) mass is 453 g/mol. The number of nitrogens with zero attached hydrogens (tertiary/aromatic N) is 1. The quantitative estimate of drug-likeness (QED) is 0.302. The first-order valence-corrected chi connectivity index (χ1v) is 7.16. The molecular weight excluding hydrogens is 446 g/mol. The minimum atomic E-state index is -4.93. The normalized spacial score (nSPS) is 11.3. The van der Waals surface area contributed by atoms with Crippen molar-refractivity contribution in [2.24, 2.45) is 0 Å². The zero-order valence-corrected chi connectivity index (χ0v) is 13.3. The first-order chi connectivity index (χ1) is 8.78. The summed E-state index contributed by atoms with van der Waals surface area (Å²) in [6, 6.07) is 1.48. The van der Waals surface area contributed by atoms with Gasteiger partial charge in [-0.3, -0.25) is 0 Å². The van der Waals surface area contributed by atoms with E-state index in [0.29, 0.717) is 5.56 Å². The highest BCUT2D eigenvalue weighted by Gasteiger charge is 2.35. The SMILES string of the molecule is CCOC(=O)c1c(CBr)cc(I)nc1OC(F)(F)F.